The molecule has 0 saturated heterocycles. The van der Waals surface area contributed by atoms with Gasteiger partial charge in [0.2, 0.25) is 0 Å². The number of hydrogen-bond acceptors (Lipinski definition) is 4. The van der Waals surface area contributed by atoms with Crippen LogP contribution in [0.3, 0.4) is 0 Å². The van der Waals surface area contributed by atoms with Crippen LogP contribution >= 0.6 is 12.4 Å². The molecule has 5 heteroatoms. The number of aliphatic hydroxyl groups excluding tert-OH is 1. The van der Waals surface area contributed by atoms with Gasteiger partial charge in [0.1, 0.15) is 6.10 Å². The summed E-state index contributed by atoms with van der Waals surface area (Å²) in [5, 5.41) is 13.7. The van der Waals surface area contributed by atoms with Crippen LogP contribution in [-0.4, -0.2) is 42.8 Å². The minimum atomic E-state index is -0.682. The van der Waals surface area contributed by atoms with Crippen molar-refractivity contribution in [2.45, 2.75) is 32.0 Å². The first-order chi connectivity index (χ1) is 14.6. The largest absolute Gasteiger partial charge is 0.389 e. The second-order valence-electron chi connectivity index (χ2n) is 8.17. The van der Waals surface area contributed by atoms with Crippen LogP contribution in [0.4, 0.5) is 0 Å². The van der Waals surface area contributed by atoms with Gasteiger partial charge in [-0.05, 0) is 12.0 Å². The molecule has 0 heterocycles. The lowest BCUT2D eigenvalue weighted by Crippen LogP contribution is -2.38. The second-order valence-corrected chi connectivity index (χ2v) is 8.17. The van der Waals surface area contributed by atoms with Gasteiger partial charge in [0.05, 0.1) is 12.7 Å². The van der Waals surface area contributed by atoms with Crippen molar-refractivity contribution in [3.05, 3.63) is 96.1 Å². The monoisotopic (exact) mass is 441 g/mol. The summed E-state index contributed by atoms with van der Waals surface area (Å²) in [4.78, 5) is 13.0. The third-order valence-electron chi connectivity index (χ3n) is 5.34. The molecule has 0 bridgehead atoms. The lowest BCUT2D eigenvalue weighted by atomic mass is 9.84. The Hall–Kier alpha value is -2.24. The quantitative estimate of drug-likeness (QED) is 0.508. The predicted octanol–water partition coefficient (Wildman–Crippen LogP) is 4.39. The summed E-state index contributed by atoms with van der Waals surface area (Å²) < 4.78 is 5.93. The van der Waals surface area contributed by atoms with Crippen molar-refractivity contribution in [1.82, 2.24) is 5.32 Å². The van der Waals surface area contributed by atoms with Gasteiger partial charge in [-0.25, -0.2) is 0 Å². The van der Waals surface area contributed by atoms with Gasteiger partial charge in [-0.15, -0.1) is 12.4 Å². The Kier molecular flexibility index (Phi) is 10.2. The van der Waals surface area contributed by atoms with E-state index < -0.39 is 12.2 Å². The van der Waals surface area contributed by atoms with Crippen molar-refractivity contribution in [2.24, 2.45) is 5.41 Å². The molecule has 166 valence electrons. The summed E-state index contributed by atoms with van der Waals surface area (Å²) in [5.74, 6) is -0.0637. The van der Waals surface area contributed by atoms with Crippen LogP contribution in [0.5, 0.6) is 0 Å². The maximum atomic E-state index is 13.0. The molecule has 2 aromatic carbocycles. The number of carbonyl (C=O) groups is 1. The molecule has 3 atom stereocenters. The lowest BCUT2D eigenvalue weighted by molar-refractivity contribution is -0.00206. The number of ketones is 1. The molecule has 1 aliphatic carbocycles. The molecule has 4 nitrogen and oxygen atoms in total. The summed E-state index contributed by atoms with van der Waals surface area (Å²) in [5.41, 5.74) is 1.72. The highest BCUT2D eigenvalue weighted by molar-refractivity contribution is 5.99. The van der Waals surface area contributed by atoms with Gasteiger partial charge in [-0.2, -0.15) is 0 Å². The van der Waals surface area contributed by atoms with E-state index in [2.05, 4.69) is 36.5 Å². The molecule has 0 fully saturated rings. The average molecular weight is 442 g/mol. The van der Waals surface area contributed by atoms with Gasteiger partial charge in [-0.3, -0.25) is 4.79 Å². The Balaban J connectivity index is 0.00000341. The molecule has 0 amide bonds. The molecule has 0 spiro atoms. The highest BCUT2D eigenvalue weighted by Gasteiger charge is 2.23. The van der Waals surface area contributed by atoms with E-state index in [1.165, 1.54) is 0 Å². The van der Waals surface area contributed by atoms with Crippen LogP contribution < -0.4 is 5.32 Å². The molecule has 0 saturated carbocycles. The average Bonchev–Trinajstić information content (AvgIpc) is 2.78. The van der Waals surface area contributed by atoms with Crippen LogP contribution in [0.15, 0.2) is 85.0 Å². The Bertz CT molecular complexity index is 853. The summed E-state index contributed by atoms with van der Waals surface area (Å²) in [7, 11) is 0. The van der Waals surface area contributed by atoms with Gasteiger partial charge >= 0.3 is 0 Å². The highest BCUT2D eigenvalue weighted by Crippen LogP contribution is 2.25. The molecule has 3 rings (SSSR count). The van der Waals surface area contributed by atoms with E-state index >= 15 is 0 Å². The Morgan fingerprint density at radius 1 is 1.10 bits per heavy atom. The molecule has 0 radical (unpaired) electrons. The maximum Gasteiger partial charge on any atom is 0.191 e. The van der Waals surface area contributed by atoms with E-state index in [0.717, 1.165) is 18.5 Å². The van der Waals surface area contributed by atoms with E-state index in [4.69, 9.17) is 4.74 Å². The first kappa shape index (κ1) is 25.0. The molecule has 0 aromatic heterocycles. The highest BCUT2D eigenvalue weighted by atomic mass is 35.5. The number of aliphatic hydroxyl groups is 1. The number of benzene rings is 2. The van der Waals surface area contributed by atoms with Crippen LogP contribution in [-0.2, 0) is 11.2 Å². The number of carbonyl (C=O) groups excluding carboxylic acids is 1. The summed E-state index contributed by atoms with van der Waals surface area (Å²) in [6.45, 7) is 3.50. The molecule has 1 aliphatic rings. The van der Waals surface area contributed by atoms with Crippen molar-refractivity contribution in [3.63, 3.8) is 0 Å². The standard InChI is InChI=1S/C26H31NO3.ClH/c1-26(15-9-4-10-16-26)20-27-18-23(28)19-30-24(17-21-11-5-2-6-12-21)25(29)22-13-7-3-8-14-22;/h2-15,23-24,27-28H,16-20H2,1H3;1H. The third kappa shape index (κ3) is 8.08. The molecule has 31 heavy (non-hydrogen) atoms. The maximum absolute atomic E-state index is 13.0. The van der Waals surface area contributed by atoms with Crippen LogP contribution in [0.2, 0.25) is 0 Å². The smallest absolute Gasteiger partial charge is 0.191 e. The van der Waals surface area contributed by atoms with Gasteiger partial charge in [0, 0.05) is 30.5 Å². The Labute approximate surface area is 191 Å². The number of Topliss-reactive ketones (excluding diaryl/α,β-unsaturated/α-hetero) is 1. The number of nitrogens with one attached hydrogen (secondary N) is 1. The Morgan fingerprint density at radius 3 is 2.42 bits per heavy atom. The number of hydrogen-bond donors (Lipinski definition) is 2. The van der Waals surface area contributed by atoms with Crippen LogP contribution in [0.25, 0.3) is 0 Å². The number of allylic oxidation sites excluding steroid dienone is 3. The van der Waals surface area contributed by atoms with Gasteiger partial charge in [0.15, 0.2) is 5.78 Å². The summed E-state index contributed by atoms with van der Waals surface area (Å²) in [6, 6.07) is 19.0. The second kappa shape index (κ2) is 12.6. The summed E-state index contributed by atoms with van der Waals surface area (Å²) >= 11 is 0. The van der Waals surface area contributed by atoms with Crippen molar-refractivity contribution >= 4 is 18.2 Å². The number of rotatable bonds is 11. The van der Waals surface area contributed by atoms with E-state index in [-0.39, 0.29) is 30.2 Å². The Morgan fingerprint density at radius 2 is 1.77 bits per heavy atom. The molecule has 2 N–H and O–H groups in total. The zero-order valence-electron chi connectivity index (χ0n) is 17.9. The van der Waals surface area contributed by atoms with Crippen molar-refractivity contribution < 1.29 is 14.6 Å². The first-order valence-electron chi connectivity index (χ1n) is 10.5. The summed E-state index contributed by atoms with van der Waals surface area (Å²) in [6.07, 6.45) is 8.61. The molecule has 0 aliphatic heterocycles. The van der Waals surface area contributed by atoms with Gasteiger partial charge in [-0.1, -0.05) is 91.9 Å². The fourth-order valence-corrected chi connectivity index (χ4v) is 3.56. The zero-order valence-corrected chi connectivity index (χ0v) is 18.8. The minimum Gasteiger partial charge on any atom is -0.389 e. The van der Waals surface area contributed by atoms with Crippen molar-refractivity contribution in [2.75, 3.05) is 19.7 Å². The predicted molar refractivity (Wildman–Crippen MR) is 128 cm³/mol. The zero-order chi connectivity index (χ0) is 21.2. The number of ether oxygens (including phenoxy) is 1. The van der Waals surface area contributed by atoms with E-state index in [1.54, 1.807) is 12.1 Å². The normalized spacial score (nSPS) is 19.4. The van der Waals surface area contributed by atoms with Crippen molar-refractivity contribution in [3.8, 4) is 0 Å². The van der Waals surface area contributed by atoms with E-state index in [1.807, 2.05) is 48.5 Å². The van der Waals surface area contributed by atoms with E-state index in [0.29, 0.717) is 18.5 Å². The van der Waals surface area contributed by atoms with Gasteiger partial charge < -0.3 is 15.2 Å². The first-order valence-corrected chi connectivity index (χ1v) is 10.5. The number of halogens is 1. The molecular formula is C26H32ClNO3. The molecular weight excluding hydrogens is 410 g/mol. The fourth-order valence-electron chi connectivity index (χ4n) is 3.56. The third-order valence-corrected chi connectivity index (χ3v) is 5.34. The fraction of sp³-hybridized carbons (Fsp3) is 0.346. The van der Waals surface area contributed by atoms with Crippen LogP contribution in [0, 0.1) is 5.41 Å². The van der Waals surface area contributed by atoms with Gasteiger partial charge in [0.25, 0.3) is 0 Å². The van der Waals surface area contributed by atoms with E-state index in [9.17, 15) is 9.90 Å². The minimum absolute atomic E-state index is 0. The lowest BCUT2D eigenvalue weighted by Gasteiger charge is -2.27. The molecule has 3 unspecified atom stereocenters. The van der Waals surface area contributed by atoms with Crippen molar-refractivity contribution in [1.29, 1.82) is 0 Å². The topological polar surface area (TPSA) is 58.6 Å². The molecule has 2 aromatic rings. The van der Waals surface area contributed by atoms with Crippen LogP contribution in [0.1, 0.15) is 29.3 Å². The SMILES string of the molecule is CC1(CNCC(O)COC(Cc2ccccc2)C(=O)c2ccccc2)C=CC=CC1.Cl.